The number of anilines is 2. The van der Waals surface area contributed by atoms with Crippen LogP contribution in [0.2, 0.25) is 0 Å². The van der Waals surface area contributed by atoms with Crippen LogP contribution in [0.15, 0.2) is 72.8 Å². The van der Waals surface area contributed by atoms with E-state index in [9.17, 15) is 9.59 Å². The summed E-state index contributed by atoms with van der Waals surface area (Å²) >= 11 is 0. The molecule has 0 aliphatic heterocycles. The van der Waals surface area contributed by atoms with Crippen LogP contribution in [0.5, 0.6) is 0 Å². The van der Waals surface area contributed by atoms with Crippen LogP contribution in [0.3, 0.4) is 0 Å². The van der Waals surface area contributed by atoms with E-state index in [1.165, 1.54) is 5.56 Å². The average Bonchev–Trinajstić information content (AvgIpc) is 2.73. The summed E-state index contributed by atoms with van der Waals surface area (Å²) in [5, 5.41) is 2.93. The molecular weight excluding hydrogens is 372 g/mol. The fraction of sp³-hybridized carbons (Fsp3) is 0.231. The fourth-order valence-electron chi connectivity index (χ4n) is 3.30. The van der Waals surface area contributed by atoms with Crippen molar-refractivity contribution >= 4 is 23.2 Å². The van der Waals surface area contributed by atoms with Crippen molar-refractivity contribution < 1.29 is 9.59 Å². The van der Waals surface area contributed by atoms with E-state index < -0.39 is 0 Å². The van der Waals surface area contributed by atoms with Gasteiger partial charge >= 0.3 is 0 Å². The van der Waals surface area contributed by atoms with Crippen molar-refractivity contribution in [2.75, 3.05) is 10.2 Å². The van der Waals surface area contributed by atoms with Gasteiger partial charge in [0.2, 0.25) is 11.8 Å². The topological polar surface area (TPSA) is 49.4 Å². The van der Waals surface area contributed by atoms with Crippen LogP contribution in [0.25, 0.3) is 0 Å². The number of aryl methyl sites for hydroxylation is 2. The van der Waals surface area contributed by atoms with Gasteiger partial charge < -0.3 is 10.2 Å². The minimum atomic E-state index is -0.0607. The van der Waals surface area contributed by atoms with Crippen molar-refractivity contribution in [3.63, 3.8) is 0 Å². The summed E-state index contributed by atoms with van der Waals surface area (Å²) in [6.45, 7) is 6.44. The molecule has 154 valence electrons. The van der Waals surface area contributed by atoms with Gasteiger partial charge in [0.25, 0.3) is 0 Å². The third-order valence-corrected chi connectivity index (χ3v) is 4.98. The number of carbonyl (C=O) groups excluding carboxylic acids is 2. The molecule has 0 aliphatic rings. The number of hydrogen-bond donors (Lipinski definition) is 1. The van der Waals surface area contributed by atoms with Gasteiger partial charge in [-0.25, -0.2) is 0 Å². The monoisotopic (exact) mass is 400 g/mol. The molecule has 0 aliphatic carbocycles. The SMILES string of the molecule is CCC(=O)N(Cc1ccc(C)cc1)c1ccc(CC(=O)Nc2cccc(C)c2)cc1. The lowest BCUT2D eigenvalue weighted by atomic mass is 10.1. The lowest BCUT2D eigenvalue weighted by Gasteiger charge is -2.23. The van der Waals surface area contributed by atoms with Crippen molar-refractivity contribution in [3.05, 3.63) is 95.1 Å². The largest absolute Gasteiger partial charge is 0.326 e. The minimum absolute atomic E-state index is 0.0607. The third kappa shape index (κ3) is 5.80. The number of nitrogens with one attached hydrogen (secondary N) is 1. The highest BCUT2D eigenvalue weighted by molar-refractivity contribution is 5.94. The zero-order chi connectivity index (χ0) is 21.5. The van der Waals surface area contributed by atoms with E-state index in [2.05, 4.69) is 29.6 Å². The first kappa shape index (κ1) is 21.3. The number of rotatable bonds is 7. The van der Waals surface area contributed by atoms with Gasteiger partial charge in [-0.1, -0.05) is 61.0 Å². The highest BCUT2D eigenvalue weighted by Gasteiger charge is 2.15. The van der Waals surface area contributed by atoms with E-state index in [0.717, 1.165) is 28.1 Å². The van der Waals surface area contributed by atoms with Crippen LogP contribution in [0.4, 0.5) is 11.4 Å². The van der Waals surface area contributed by atoms with Gasteiger partial charge in [0.15, 0.2) is 0 Å². The molecule has 0 radical (unpaired) electrons. The maximum atomic E-state index is 12.5. The van der Waals surface area contributed by atoms with Crippen LogP contribution in [0.1, 0.15) is 35.6 Å². The van der Waals surface area contributed by atoms with E-state index >= 15 is 0 Å². The molecule has 2 amide bonds. The molecule has 4 nitrogen and oxygen atoms in total. The van der Waals surface area contributed by atoms with E-state index in [1.807, 2.05) is 69.3 Å². The molecule has 0 saturated carbocycles. The summed E-state index contributed by atoms with van der Waals surface area (Å²) in [6, 6.07) is 23.6. The molecule has 3 aromatic carbocycles. The van der Waals surface area contributed by atoms with Gasteiger partial charge in [-0.2, -0.15) is 0 Å². The van der Waals surface area contributed by atoms with Gasteiger partial charge in [-0.3, -0.25) is 9.59 Å². The Labute approximate surface area is 178 Å². The molecule has 4 heteroatoms. The van der Waals surface area contributed by atoms with Gasteiger partial charge in [0, 0.05) is 17.8 Å². The molecule has 0 heterocycles. The summed E-state index contributed by atoms with van der Waals surface area (Å²) in [7, 11) is 0. The highest BCUT2D eigenvalue weighted by atomic mass is 16.2. The molecule has 0 bridgehead atoms. The Morgan fingerprint density at radius 3 is 2.13 bits per heavy atom. The van der Waals surface area contributed by atoms with Crippen molar-refractivity contribution in [3.8, 4) is 0 Å². The maximum Gasteiger partial charge on any atom is 0.228 e. The normalized spacial score (nSPS) is 10.5. The molecule has 0 spiro atoms. The van der Waals surface area contributed by atoms with Crippen molar-refractivity contribution in [2.24, 2.45) is 0 Å². The van der Waals surface area contributed by atoms with Gasteiger partial charge in [0.05, 0.1) is 13.0 Å². The molecule has 0 aromatic heterocycles. The van der Waals surface area contributed by atoms with E-state index in [0.29, 0.717) is 13.0 Å². The Morgan fingerprint density at radius 2 is 1.50 bits per heavy atom. The predicted octanol–water partition coefficient (Wildman–Crippen LogP) is 5.43. The molecule has 0 atom stereocenters. The zero-order valence-electron chi connectivity index (χ0n) is 17.8. The number of hydrogen-bond acceptors (Lipinski definition) is 2. The summed E-state index contributed by atoms with van der Waals surface area (Å²) in [4.78, 5) is 26.7. The fourth-order valence-corrected chi connectivity index (χ4v) is 3.30. The number of benzene rings is 3. The van der Waals surface area contributed by atoms with Gasteiger partial charge in [0.1, 0.15) is 0 Å². The molecule has 30 heavy (non-hydrogen) atoms. The molecule has 0 unspecified atom stereocenters. The first-order valence-corrected chi connectivity index (χ1v) is 10.3. The number of amides is 2. The number of nitrogens with zero attached hydrogens (tertiary/aromatic N) is 1. The first-order valence-electron chi connectivity index (χ1n) is 10.3. The Kier molecular flexibility index (Phi) is 7.02. The highest BCUT2D eigenvalue weighted by Crippen LogP contribution is 2.20. The Morgan fingerprint density at radius 1 is 0.833 bits per heavy atom. The molecule has 3 aromatic rings. The second-order valence-corrected chi connectivity index (χ2v) is 7.58. The van der Waals surface area contributed by atoms with E-state index in [4.69, 9.17) is 0 Å². The molecular formula is C26H28N2O2. The Bertz CT molecular complexity index is 1010. The Balaban J connectivity index is 1.69. The van der Waals surface area contributed by atoms with Crippen LogP contribution in [-0.2, 0) is 22.6 Å². The Hall–Kier alpha value is -3.40. The van der Waals surface area contributed by atoms with E-state index in [1.54, 1.807) is 4.90 Å². The summed E-state index contributed by atoms with van der Waals surface area (Å²) in [5.74, 6) is 0.00927. The molecule has 0 saturated heterocycles. The molecule has 1 N–H and O–H groups in total. The molecule has 3 rings (SSSR count). The number of carbonyl (C=O) groups is 2. The van der Waals surface area contributed by atoms with E-state index in [-0.39, 0.29) is 18.2 Å². The van der Waals surface area contributed by atoms with Crippen LogP contribution in [0, 0.1) is 13.8 Å². The van der Waals surface area contributed by atoms with Crippen LogP contribution < -0.4 is 10.2 Å². The van der Waals surface area contributed by atoms with Crippen molar-refractivity contribution in [1.29, 1.82) is 0 Å². The summed E-state index contributed by atoms with van der Waals surface area (Å²) in [5.41, 5.74) is 5.93. The van der Waals surface area contributed by atoms with Gasteiger partial charge in [-0.15, -0.1) is 0 Å². The van der Waals surface area contributed by atoms with Crippen molar-refractivity contribution in [1.82, 2.24) is 0 Å². The second kappa shape index (κ2) is 9.88. The third-order valence-electron chi connectivity index (χ3n) is 4.98. The predicted molar refractivity (Wildman–Crippen MR) is 123 cm³/mol. The van der Waals surface area contributed by atoms with Crippen LogP contribution >= 0.6 is 0 Å². The minimum Gasteiger partial charge on any atom is -0.326 e. The lowest BCUT2D eigenvalue weighted by molar-refractivity contribution is -0.118. The average molecular weight is 401 g/mol. The molecule has 0 fully saturated rings. The smallest absolute Gasteiger partial charge is 0.228 e. The van der Waals surface area contributed by atoms with Crippen molar-refractivity contribution in [2.45, 2.75) is 40.2 Å². The lowest BCUT2D eigenvalue weighted by Crippen LogP contribution is -2.29. The van der Waals surface area contributed by atoms with Gasteiger partial charge in [-0.05, 0) is 54.8 Å². The first-order chi connectivity index (χ1) is 14.4. The maximum absolute atomic E-state index is 12.5. The zero-order valence-corrected chi connectivity index (χ0v) is 17.8. The standard InChI is InChI=1S/C26H28N2O2/c1-4-26(30)28(18-22-10-8-19(2)9-11-22)24-14-12-21(13-15-24)17-25(29)27-23-7-5-6-20(3)16-23/h5-16H,4,17-18H2,1-3H3,(H,27,29). The summed E-state index contributed by atoms with van der Waals surface area (Å²) in [6.07, 6.45) is 0.723. The quantitative estimate of drug-likeness (QED) is 0.575. The summed E-state index contributed by atoms with van der Waals surface area (Å²) < 4.78 is 0. The second-order valence-electron chi connectivity index (χ2n) is 7.58. The van der Waals surface area contributed by atoms with Crippen LogP contribution in [-0.4, -0.2) is 11.8 Å².